The first-order valence-electron chi connectivity index (χ1n) is 5.52. The van der Waals surface area contributed by atoms with Gasteiger partial charge in [0.15, 0.2) is 0 Å². The molecule has 0 atom stereocenters. The van der Waals surface area contributed by atoms with Crippen LogP contribution in [0.3, 0.4) is 0 Å². The van der Waals surface area contributed by atoms with Gasteiger partial charge in [0.1, 0.15) is 5.03 Å². The lowest BCUT2D eigenvalue weighted by Crippen LogP contribution is -2.07. The van der Waals surface area contributed by atoms with Crippen LogP contribution >= 0.6 is 27.7 Å². The van der Waals surface area contributed by atoms with E-state index >= 15 is 0 Å². The molecule has 0 amide bonds. The molecule has 0 saturated carbocycles. The number of nitrogens with zero attached hydrogens (tertiary/aromatic N) is 1. The third-order valence-corrected chi connectivity index (χ3v) is 4.03. The first-order valence-corrected chi connectivity index (χ1v) is 7.13. The van der Waals surface area contributed by atoms with E-state index in [0.717, 1.165) is 6.07 Å². The minimum Gasteiger partial charge on any atom is -0.478 e. The molecule has 2 rings (SSSR count). The number of halogens is 4. The van der Waals surface area contributed by atoms with Crippen LogP contribution in [0.1, 0.15) is 15.9 Å². The number of rotatable bonds is 3. The monoisotopic (exact) mass is 377 g/mol. The molecule has 1 aromatic carbocycles. The fraction of sp³-hybridized carbons (Fsp3) is 0.0769. The highest BCUT2D eigenvalue weighted by Crippen LogP contribution is 2.40. The van der Waals surface area contributed by atoms with Crippen molar-refractivity contribution in [3.05, 3.63) is 52.1 Å². The average molecular weight is 378 g/mol. The fourth-order valence-corrected chi connectivity index (χ4v) is 3.13. The van der Waals surface area contributed by atoms with Crippen molar-refractivity contribution in [1.29, 1.82) is 0 Å². The maximum Gasteiger partial charge on any atom is 0.417 e. The van der Waals surface area contributed by atoms with Crippen molar-refractivity contribution in [2.75, 3.05) is 0 Å². The molecular weight excluding hydrogens is 371 g/mol. The number of carboxylic acids is 1. The highest BCUT2D eigenvalue weighted by atomic mass is 79.9. The standard InChI is InChI=1S/C13H7BrF3NO2S/c14-7-3-4-9(13(15,16)17)10(6-7)21-11-8(12(19)20)2-1-5-18-11/h1-6H,(H,19,20). The summed E-state index contributed by atoms with van der Waals surface area (Å²) >= 11 is 3.77. The zero-order valence-corrected chi connectivity index (χ0v) is 12.6. The highest BCUT2D eigenvalue weighted by molar-refractivity contribution is 9.10. The summed E-state index contributed by atoms with van der Waals surface area (Å²) in [4.78, 5) is 14.8. The van der Waals surface area contributed by atoms with Crippen molar-refractivity contribution >= 4 is 33.7 Å². The van der Waals surface area contributed by atoms with Gasteiger partial charge >= 0.3 is 12.1 Å². The molecule has 8 heteroatoms. The molecule has 0 fully saturated rings. The van der Waals surface area contributed by atoms with E-state index in [0.29, 0.717) is 16.2 Å². The predicted octanol–water partition coefficient (Wildman–Crippen LogP) is 4.71. The van der Waals surface area contributed by atoms with E-state index in [9.17, 15) is 18.0 Å². The summed E-state index contributed by atoms with van der Waals surface area (Å²) < 4.78 is 39.4. The smallest absolute Gasteiger partial charge is 0.417 e. The Morgan fingerprint density at radius 1 is 1.29 bits per heavy atom. The summed E-state index contributed by atoms with van der Waals surface area (Å²) in [6.45, 7) is 0. The Hall–Kier alpha value is -1.54. The van der Waals surface area contributed by atoms with Gasteiger partial charge in [0, 0.05) is 15.6 Å². The maximum atomic E-state index is 13.0. The zero-order chi connectivity index (χ0) is 15.6. The quantitative estimate of drug-likeness (QED) is 0.841. The Kier molecular flexibility index (Phi) is 4.58. The number of aromatic nitrogens is 1. The summed E-state index contributed by atoms with van der Waals surface area (Å²) in [5.74, 6) is -1.24. The number of benzene rings is 1. The summed E-state index contributed by atoms with van der Waals surface area (Å²) in [7, 11) is 0. The van der Waals surface area contributed by atoms with E-state index in [1.54, 1.807) is 0 Å². The van der Waals surface area contributed by atoms with Crippen molar-refractivity contribution in [1.82, 2.24) is 4.98 Å². The summed E-state index contributed by atoms with van der Waals surface area (Å²) in [6.07, 6.45) is -3.19. The van der Waals surface area contributed by atoms with Gasteiger partial charge in [0.2, 0.25) is 0 Å². The van der Waals surface area contributed by atoms with Crippen molar-refractivity contribution in [3.8, 4) is 0 Å². The molecule has 0 aliphatic heterocycles. The largest absolute Gasteiger partial charge is 0.478 e. The Morgan fingerprint density at radius 2 is 2.00 bits per heavy atom. The maximum absolute atomic E-state index is 13.0. The number of aromatic carboxylic acids is 1. The molecule has 2 aromatic rings. The van der Waals surface area contributed by atoms with Gasteiger partial charge in [0.25, 0.3) is 0 Å². The molecule has 0 saturated heterocycles. The van der Waals surface area contributed by atoms with Crippen molar-refractivity contribution in [3.63, 3.8) is 0 Å². The Balaban J connectivity index is 2.49. The first kappa shape index (κ1) is 15.8. The van der Waals surface area contributed by atoms with Crippen LogP contribution in [0.4, 0.5) is 13.2 Å². The molecule has 110 valence electrons. The molecule has 0 spiro atoms. The Labute approximate surface area is 130 Å². The minimum absolute atomic E-state index is 0.00796. The van der Waals surface area contributed by atoms with Crippen molar-refractivity contribution in [2.24, 2.45) is 0 Å². The van der Waals surface area contributed by atoms with Gasteiger partial charge in [-0.15, -0.1) is 0 Å². The number of hydrogen-bond donors (Lipinski definition) is 1. The Bertz CT molecular complexity index is 691. The van der Waals surface area contributed by atoms with Crippen LogP contribution in [-0.2, 0) is 6.18 Å². The van der Waals surface area contributed by atoms with Crippen molar-refractivity contribution in [2.45, 2.75) is 16.1 Å². The van der Waals surface area contributed by atoms with E-state index < -0.39 is 17.7 Å². The van der Waals surface area contributed by atoms with E-state index in [2.05, 4.69) is 20.9 Å². The number of carbonyl (C=O) groups is 1. The summed E-state index contributed by atoms with van der Waals surface area (Å²) in [5.41, 5.74) is -0.978. The van der Waals surface area contributed by atoms with E-state index in [4.69, 9.17) is 5.11 Å². The van der Waals surface area contributed by atoms with Crippen LogP contribution in [0.5, 0.6) is 0 Å². The highest BCUT2D eigenvalue weighted by Gasteiger charge is 2.34. The number of carboxylic acid groups (broad SMARTS) is 1. The van der Waals surface area contributed by atoms with Gasteiger partial charge in [-0.25, -0.2) is 9.78 Å². The Morgan fingerprint density at radius 3 is 2.62 bits per heavy atom. The molecule has 0 aliphatic rings. The fourth-order valence-electron chi connectivity index (χ4n) is 1.55. The third-order valence-electron chi connectivity index (χ3n) is 2.46. The normalized spacial score (nSPS) is 11.4. The second-order valence-corrected chi connectivity index (χ2v) is 5.85. The molecule has 0 bridgehead atoms. The van der Waals surface area contributed by atoms with Crippen LogP contribution in [0.2, 0.25) is 0 Å². The molecule has 3 nitrogen and oxygen atoms in total. The SMILES string of the molecule is O=C(O)c1cccnc1Sc1cc(Br)ccc1C(F)(F)F. The number of pyridine rings is 1. The van der Waals surface area contributed by atoms with Crippen LogP contribution in [0.25, 0.3) is 0 Å². The second-order valence-electron chi connectivity index (χ2n) is 3.90. The van der Waals surface area contributed by atoms with Gasteiger partial charge in [-0.2, -0.15) is 13.2 Å². The van der Waals surface area contributed by atoms with Gasteiger partial charge in [-0.05, 0) is 30.3 Å². The van der Waals surface area contributed by atoms with Gasteiger partial charge in [0.05, 0.1) is 11.1 Å². The topological polar surface area (TPSA) is 50.2 Å². The van der Waals surface area contributed by atoms with E-state index in [1.807, 2.05) is 0 Å². The second kappa shape index (κ2) is 6.07. The summed E-state index contributed by atoms with van der Waals surface area (Å²) in [5, 5.41) is 9.05. The van der Waals surface area contributed by atoms with E-state index in [-0.39, 0.29) is 15.5 Å². The average Bonchev–Trinajstić information content (AvgIpc) is 2.37. The molecule has 0 radical (unpaired) electrons. The molecular formula is C13H7BrF3NO2S. The minimum atomic E-state index is -4.53. The lowest BCUT2D eigenvalue weighted by Gasteiger charge is -2.13. The van der Waals surface area contributed by atoms with Crippen LogP contribution in [0.15, 0.2) is 50.9 Å². The summed E-state index contributed by atoms with van der Waals surface area (Å²) in [6, 6.07) is 6.22. The number of alkyl halides is 3. The van der Waals surface area contributed by atoms with Gasteiger partial charge < -0.3 is 5.11 Å². The molecule has 1 N–H and O–H groups in total. The van der Waals surface area contributed by atoms with E-state index in [1.165, 1.54) is 30.5 Å². The molecule has 1 heterocycles. The van der Waals surface area contributed by atoms with Crippen LogP contribution in [0, 0.1) is 0 Å². The molecule has 0 aliphatic carbocycles. The lowest BCUT2D eigenvalue weighted by atomic mass is 10.2. The van der Waals surface area contributed by atoms with Crippen LogP contribution in [-0.4, -0.2) is 16.1 Å². The lowest BCUT2D eigenvalue weighted by molar-refractivity contribution is -0.139. The van der Waals surface area contributed by atoms with Gasteiger partial charge in [-0.3, -0.25) is 0 Å². The molecule has 0 unspecified atom stereocenters. The number of hydrogen-bond acceptors (Lipinski definition) is 3. The van der Waals surface area contributed by atoms with Crippen LogP contribution < -0.4 is 0 Å². The predicted molar refractivity (Wildman–Crippen MR) is 74.5 cm³/mol. The van der Waals surface area contributed by atoms with Crippen molar-refractivity contribution < 1.29 is 23.1 Å². The molecule has 1 aromatic heterocycles. The molecule has 21 heavy (non-hydrogen) atoms. The van der Waals surface area contributed by atoms with Gasteiger partial charge in [-0.1, -0.05) is 27.7 Å². The zero-order valence-electron chi connectivity index (χ0n) is 10.2. The first-order chi connectivity index (χ1) is 9.79. The third kappa shape index (κ3) is 3.76.